The Kier molecular flexibility index (Phi) is 7.97. The Morgan fingerprint density at radius 3 is 1.16 bits per heavy atom. The molecule has 4 aliphatic carbocycles. The Morgan fingerprint density at radius 1 is 0.313 bits per heavy atom. The third-order valence-electron chi connectivity index (χ3n) is 15.4. The average molecular weight is 874 g/mol. The highest BCUT2D eigenvalue weighted by atomic mass is 31.2. The first-order valence-corrected chi connectivity index (χ1v) is 25.1. The highest BCUT2D eigenvalue weighted by Crippen LogP contribution is 2.72. The molecule has 2 spiro atoms. The van der Waals surface area contributed by atoms with Crippen LogP contribution in [0, 0.1) is 13.8 Å². The number of aryl methyl sites for hydroxylation is 2. The summed E-state index contributed by atoms with van der Waals surface area (Å²) in [5, 5.41) is 2.51. The normalized spacial score (nSPS) is 14.4. The van der Waals surface area contributed by atoms with Crippen molar-refractivity contribution in [3.8, 4) is 33.4 Å². The molecule has 4 aliphatic rings. The van der Waals surface area contributed by atoms with Gasteiger partial charge in [-0.2, -0.15) is 0 Å². The smallest absolute Gasteiger partial charge is 0.171 e. The Morgan fingerprint density at radius 2 is 0.687 bits per heavy atom. The SMILES string of the molecule is Cc1cc2c3c(c1)C1(c4cc(N(c5ccccc5)c5ccccc5)ccc4-c4ccc(P(=O)(c5ccccc5)c5ccccc5)cc41)c1cc(C)cc(c1-3)C21c2ccccc2-c2ccccc21. The van der Waals surface area contributed by atoms with Crippen LogP contribution in [0.1, 0.15) is 55.6 Å². The van der Waals surface area contributed by atoms with Crippen LogP contribution in [0.4, 0.5) is 17.1 Å². The fourth-order valence-electron chi connectivity index (χ4n) is 12.9. The zero-order valence-corrected chi connectivity index (χ0v) is 38.1. The molecule has 0 atom stereocenters. The van der Waals surface area contributed by atoms with E-state index in [0.29, 0.717) is 0 Å². The molecule has 0 radical (unpaired) electrons. The minimum Gasteiger partial charge on any atom is -0.310 e. The van der Waals surface area contributed by atoms with Gasteiger partial charge in [-0.15, -0.1) is 0 Å². The van der Waals surface area contributed by atoms with Crippen molar-refractivity contribution in [1.29, 1.82) is 0 Å². The number of benzene rings is 10. The van der Waals surface area contributed by atoms with E-state index in [4.69, 9.17) is 0 Å². The van der Waals surface area contributed by atoms with Crippen molar-refractivity contribution in [2.75, 3.05) is 4.90 Å². The van der Waals surface area contributed by atoms with E-state index in [0.717, 1.165) is 33.0 Å². The minimum absolute atomic E-state index is 0.470. The summed E-state index contributed by atoms with van der Waals surface area (Å²) in [6, 6.07) is 83.8. The van der Waals surface area contributed by atoms with Gasteiger partial charge >= 0.3 is 0 Å². The van der Waals surface area contributed by atoms with E-state index in [1.165, 1.54) is 89.0 Å². The Balaban J connectivity index is 1.12. The van der Waals surface area contributed by atoms with Crippen molar-refractivity contribution in [2.45, 2.75) is 24.7 Å². The molecule has 0 unspecified atom stereocenters. The van der Waals surface area contributed by atoms with Crippen LogP contribution < -0.4 is 20.8 Å². The van der Waals surface area contributed by atoms with Gasteiger partial charge in [-0.05, 0) is 134 Å². The summed E-state index contributed by atoms with van der Waals surface area (Å²) in [7, 11) is -3.36. The van der Waals surface area contributed by atoms with Crippen molar-refractivity contribution in [2.24, 2.45) is 0 Å². The van der Waals surface area contributed by atoms with E-state index in [1.807, 2.05) is 60.7 Å². The van der Waals surface area contributed by atoms with E-state index in [2.05, 4.69) is 189 Å². The maximum atomic E-state index is 16.4. The molecular weight excluding hydrogens is 830 g/mol. The van der Waals surface area contributed by atoms with Gasteiger partial charge < -0.3 is 9.46 Å². The van der Waals surface area contributed by atoms with Crippen molar-refractivity contribution < 1.29 is 4.57 Å². The van der Waals surface area contributed by atoms with Crippen molar-refractivity contribution in [3.63, 3.8) is 0 Å². The molecule has 14 rings (SSSR count). The van der Waals surface area contributed by atoms with Crippen LogP contribution in [0.5, 0.6) is 0 Å². The summed E-state index contributed by atoms with van der Waals surface area (Å²) < 4.78 is 16.4. The van der Waals surface area contributed by atoms with Gasteiger partial charge in [0, 0.05) is 33.0 Å². The first kappa shape index (κ1) is 38.5. The molecule has 0 saturated heterocycles. The summed E-state index contributed by atoms with van der Waals surface area (Å²) in [4.78, 5) is 2.38. The molecule has 0 amide bonds. The molecule has 10 aromatic carbocycles. The predicted octanol–water partition coefficient (Wildman–Crippen LogP) is 14.4. The molecule has 67 heavy (non-hydrogen) atoms. The van der Waals surface area contributed by atoms with Crippen LogP contribution in [0.25, 0.3) is 33.4 Å². The number of fused-ring (bicyclic) bond motifs is 14. The van der Waals surface area contributed by atoms with E-state index in [9.17, 15) is 0 Å². The van der Waals surface area contributed by atoms with Gasteiger partial charge in [-0.1, -0.05) is 199 Å². The third kappa shape index (κ3) is 4.88. The minimum atomic E-state index is -3.36. The molecule has 3 heteroatoms. The Bertz CT molecular complexity index is 3560. The van der Waals surface area contributed by atoms with E-state index in [-0.39, 0.29) is 0 Å². The summed E-state index contributed by atoms with van der Waals surface area (Å²) in [5.74, 6) is 0. The average Bonchev–Trinajstić information content (AvgIpc) is 4.05. The molecule has 0 aliphatic heterocycles. The van der Waals surface area contributed by atoms with Crippen LogP contribution >= 0.6 is 7.14 Å². The van der Waals surface area contributed by atoms with Crippen LogP contribution in [-0.4, -0.2) is 0 Å². The molecule has 10 aromatic rings. The second-order valence-corrected chi connectivity index (χ2v) is 21.6. The Hall–Kier alpha value is -7.77. The lowest BCUT2D eigenvalue weighted by Gasteiger charge is -2.37. The zero-order valence-electron chi connectivity index (χ0n) is 37.2. The van der Waals surface area contributed by atoms with Crippen LogP contribution in [0.2, 0.25) is 0 Å². The van der Waals surface area contributed by atoms with E-state index < -0.39 is 18.0 Å². The number of nitrogens with zero attached hydrogens (tertiary/aromatic N) is 1. The predicted molar refractivity (Wildman–Crippen MR) is 277 cm³/mol. The second kappa shape index (κ2) is 13.9. The van der Waals surface area contributed by atoms with Gasteiger partial charge in [-0.25, -0.2) is 0 Å². The number of rotatable bonds is 6. The van der Waals surface area contributed by atoms with E-state index >= 15 is 4.57 Å². The zero-order chi connectivity index (χ0) is 44.6. The molecule has 0 saturated carbocycles. The fraction of sp³-hybridized carbons (Fsp3) is 0.0625. The van der Waals surface area contributed by atoms with Crippen molar-refractivity contribution in [1.82, 2.24) is 0 Å². The largest absolute Gasteiger partial charge is 0.310 e. The van der Waals surface area contributed by atoms with Gasteiger partial charge in [0.1, 0.15) is 0 Å². The van der Waals surface area contributed by atoms with Crippen molar-refractivity contribution >= 4 is 40.1 Å². The maximum absolute atomic E-state index is 16.4. The second-order valence-electron chi connectivity index (χ2n) is 18.8. The van der Waals surface area contributed by atoms with Gasteiger partial charge in [0.25, 0.3) is 0 Å². The number of anilines is 3. The summed E-state index contributed by atoms with van der Waals surface area (Å²) in [6.45, 7) is 4.57. The quantitative estimate of drug-likeness (QED) is 0.155. The summed E-state index contributed by atoms with van der Waals surface area (Å²) in [5.41, 5.74) is 22.7. The maximum Gasteiger partial charge on any atom is 0.171 e. The van der Waals surface area contributed by atoms with Gasteiger partial charge in [0.15, 0.2) is 7.14 Å². The molecule has 0 aromatic heterocycles. The topological polar surface area (TPSA) is 20.3 Å². The third-order valence-corrected chi connectivity index (χ3v) is 18.4. The van der Waals surface area contributed by atoms with Crippen LogP contribution in [0.15, 0.2) is 231 Å². The standard InChI is InChI=1S/C64H44NOP/c1-41-35-57-61-59(37-41)64(60-38-42(2)36-58(62(60)61)63(57)53-29-17-15-27-49(53)50-28-16-18-30-54(50)63)55-39-45(65(43-19-7-3-8-20-43)44-21-9-4-10-22-44)31-33-51(55)52-34-32-48(40-56(52)64)67(66,46-23-11-5-12-24-46)47-25-13-6-14-26-47/h3-40H,1-2H3. The number of para-hydroxylation sites is 2. The first-order valence-electron chi connectivity index (χ1n) is 23.4. The fourth-order valence-corrected chi connectivity index (χ4v) is 15.6. The monoisotopic (exact) mass is 873 g/mol. The molecule has 0 bridgehead atoms. The lowest BCUT2D eigenvalue weighted by Crippen LogP contribution is -2.32. The van der Waals surface area contributed by atoms with E-state index in [1.54, 1.807) is 0 Å². The molecular formula is C64H44NOP. The lowest BCUT2D eigenvalue weighted by atomic mass is 9.64. The molecule has 2 nitrogen and oxygen atoms in total. The van der Waals surface area contributed by atoms with Gasteiger partial charge in [0.2, 0.25) is 0 Å². The highest BCUT2D eigenvalue weighted by Gasteiger charge is 2.61. The van der Waals surface area contributed by atoms with Crippen LogP contribution in [0.3, 0.4) is 0 Å². The van der Waals surface area contributed by atoms with Crippen LogP contribution in [-0.2, 0) is 15.4 Å². The molecule has 0 N–H and O–H groups in total. The highest BCUT2D eigenvalue weighted by molar-refractivity contribution is 7.85. The summed E-state index contributed by atoms with van der Waals surface area (Å²) in [6.07, 6.45) is 0. The molecule has 0 fully saturated rings. The van der Waals surface area contributed by atoms with Crippen molar-refractivity contribution in [3.05, 3.63) is 286 Å². The summed E-state index contributed by atoms with van der Waals surface area (Å²) >= 11 is 0. The number of hydrogen-bond donors (Lipinski definition) is 0. The van der Waals surface area contributed by atoms with Gasteiger partial charge in [0.05, 0.1) is 10.8 Å². The molecule has 0 heterocycles. The first-order chi connectivity index (χ1) is 32.9. The van der Waals surface area contributed by atoms with Gasteiger partial charge in [-0.3, -0.25) is 0 Å². The molecule has 316 valence electrons. The lowest BCUT2D eigenvalue weighted by molar-refractivity contribution is 0.592. The Labute approximate surface area is 391 Å². The number of hydrogen-bond acceptors (Lipinski definition) is 2.